The summed E-state index contributed by atoms with van der Waals surface area (Å²) in [4.78, 5) is 19.3. The van der Waals surface area contributed by atoms with Crippen LogP contribution in [0.15, 0.2) is 33.4 Å². The number of aromatic nitrogens is 1. The minimum absolute atomic E-state index is 0.0376. The molecule has 1 unspecified atom stereocenters. The van der Waals surface area contributed by atoms with Crippen molar-refractivity contribution in [3.8, 4) is 11.1 Å². The predicted octanol–water partition coefficient (Wildman–Crippen LogP) is 5.48. The molecule has 1 N–H and O–H groups in total. The molecule has 8 heteroatoms. The van der Waals surface area contributed by atoms with E-state index in [9.17, 15) is 4.79 Å². The number of ether oxygens (including phenoxy) is 1. The Morgan fingerprint density at radius 3 is 2.90 bits per heavy atom. The lowest BCUT2D eigenvalue weighted by Crippen LogP contribution is -2.54. The van der Waals surface area contributed by atoms with Gasteiger partial charge >= 0.3 is 6.09 Å². The van der Waals surface area contributed by atoms with Gasteiger partial charge in [-0.2, -0.15) is 11.3 Å². The van der Waals surface area contributed by atoms with E-state index in [0.717, 1.165) is 11.1 Å². The van der Waals surface area contributed by atoms with Crippen molar-refractivity contribution in [1.82, 2.24) is 15.2 Å². The van der Waals surface area contributed by atoms with E-state index in [1.807, 2.05) is 50.6 Å². The van der Waals surface area contributed by atoms with Crippen LogP contribution in [-0.2, 0) is 4.74 Å². The minimum Gasteiger partial charge on any atom is -0.444 e. The van der Waals surface area contributed by atoms with Crippen LogP contribution in [0.1, 0.15) is 39.6 Å². The monoisotopic (exact) mass is 433 g/mol. The summed E-state index contributed by atoms with van der Waals surface area (Å²) >= 11 is 7.95. The number of nitrogens with one attached hydrogen (secondary N) is 1. The first-order valence-electron chi connectivity index (χ1n) is 9.58. The maximum atomic E-state index is 12.9. The Bertz CT molecular complexity index is 1030. The average Bonchev–Trinajstić information content (AvgIpc) is 3.28. The molecule has 3 heterocycles. The number of halogens is 1. The van der Waals surface area contributed by atoms with Crippen LogP contribution in [0.2, 0.25) is 5.02 Å². The second-order valence-electron chi connectivity index (χ2n) is 8.23. The zero-order chi connectivity index (χ0) is 20.8. The van der Waals surface area contributed by atoms with E-state index >= 15 is 0 Å². The van der Waals surface area contributed by atoms with Crippen LogP contribution in [0.4, 0.5) is 4.79 Å². The Labute approximate surface area is 178 Å². The normalized spacial score (nSPS) is 20.2. The molecule has 154 valence electrons. The summed E-state index contributed by atoms with van der Waals surface area (Å²) in [6.07, 6.45) is -0.366. The largest absolute Gasteiger partial charge is 0.444 e. The van der Waals surface area contributed by atoms with Crippen molar-refractivity contribution in [2.24, 2.45) is 0 Å². The molecule has 0 spiro atoms. The Hall–Kier alpha value is -2.09. The number of carbonyl (C=O) groups is 1. The molecule has 2 atom stereocenters. The van der Waals surface area contributed by atoms with Crippen molar-refractivity contribution in [3.63, 3.8) is 0 Å². The smallest absolute Gasteiger partial charge is 0.411 e. The third-order valence-electron chi connectivity index (χ3n) is 4.81. The Kier molecular flexibility index (Phi) is 5.31. The Morgan fingerprint density at radius 1 is 1.41 bits per heavy atom. The van der Waals surface area contributed by atoms with Crippen LogP contribution in [-0.4, -0.2) is 40.7 Å². The van der Waals surface area contributed by atoms with E-state index in [-0.39, 0.29) is 18.2 Å². The van der Waals surface area contributed by atoms with Gasteiger partial charge in [-0.3, -0.25) is 4.90 Å². The number of oxazole rings is 1. The number of thiophene rings is 1. The molecular weight excluding hydrogens is 410 g/mol. The number of rotatable bonds is 2. The highest BCUT2D eigenvalue weighted by Gasteiger charge is 2.38. The summed E-state index contributed by atoms with van der Waals surface area (Å²) in [7, 11) is 0. The van der Waals surface area contributed by atoms with Crippen LogP contribution in [0.5, 0.6) is 0 Å². The Morgan fingerprint density at radius 2 is 2.21 bits per heavy atom. The van der Waals surface area contributed by atoms with E-state index in [2.05, 4.69) is 5.32 Å². The fourth-order valence-electron chi connectivity index (χ4n) is 3.58. The summed E-state index contributed by atoms with van der Waals surface area (Å²) in [5.41, 5.74) is 2.70. The lowest BCUT2D eigenvalue weighted by atomic mass is 10.1. The number of fused-ring (bicyclic) bond motifs is 1. The van der Waals surface area contributed by atoms with Crippen molar-refractivity contribution in [3.05, 3.63) is 39.9 Å². The number of nitrogens with zero attached hydrogens (tertiary/aromatic N) is 2. The summed E-state index contributed by atoms with van der Waals surface area (Å²) in [6.45, 7) is 8.80. The van der Waals surface area contributed by atoms with Crippen molar-refractivity contribution in [2.75, 3.05) is 13.1 Å². The van der Waals surface area contributed by atoms with Crippen LogP contribution in [0.3, 0.4) is 0 Å². The van der Waals surface area contributed by atoms with Gasteiger partial charge in [0, 0.05) is 29.7 Å². The maximum Gasteiger partial charge on any atom is 0.411 e. The molecule has 3 aromatic rings. The Balaban J connectivity index is 1.77. The standard InChI is InChI=1S/C21H24ClN3O3S/c1-12-17(25(7-6-23-12)20(26)28-21(2,3)4)19-24-16-10-14(22)9-15(18(16)27-19)13-5-8-29-11-13/h5,8-12,17,23H,6-7H2,1-4H3/t12?,17-/m0/s1. The molecule has 0 bridgehead atoms. The summed E-state index contributed by atoms with van der Waals surface area (Å²) < 4.78 is 11.9. The van der Waals surface area contributed by atoms with Gasteiger partial charge in [-0.05, 0) is 62.2 Å². The second kappa shape index (κ2) is 7.63. The molecule has 1 aliphatic heterocycles. The molecule has 1 saturated heterocycles. The van der Waals surface area contributed by atoms with Crippen molar-refractivity contribution < 1.29 is 13.9 Å². The van der Waals surface area contributed by atoms with Crippen molar-refractivity contribution >= 4 is 40.1 Å². The predicted molar refractivity (Wildman–Crippen MR) is 115 cm³/mol. The molecule has 1 aliphatic rings. The van der Waals surface area contributed by atoms with Gasteiger partial charge in [0.15, 0.2) is 5.58 Å². The summed E-state index contributed by atoms with van der Waals surface area (Å²) in [5.74, 6) is 0.476. The first-order valence-corrected chi connectivity index (χ1v) is 10.9. The van der Waals surface area contributed by atoms with E-state index in [1.165, 1.54) is 0 Å². The number of hydrogen-bond donors (Lipinski definition) is 1. The fourth-order valence-corrected chi connectivity index (χ4v) is 4.45. The zero-order valence-corrected chi connectivity index (χ0v) is 18.4. The molecule has 0 aliphatic carbocycles. The molecule has 1 amide bonds. The van der Waals surface area contributed by atoms with E-state index in [0.29, 0.717) is 35.1 Å². The minimum atomic E-state index is -0.573. The fraction of sp³-hybridized carbons (Fsp3) is 0.429. The van der Waals surface area contributed by atoms with Crippen LogP contribution in [0.25, 0.3) is 22.2 Å². The van der Waals surface area contributed by atoms with Gasteiger partial charge in [0.1, 0.15) is 17.2 Å². The van der Waals surface area contributed by atoms with Crippen LogP contribution < -0.4 is 5.32 Å². The first-order chi connectivity index (χ1) is 13.7. The van der Waals surface area contributed by atoms with Crippen LogP contribution in [0, 0.1) is 0 Å². The quantitative estimate of drug-likeness (QED) is 0.579. The van der Waals surface area contributed by atoms with Gasteiger partial charge in [0.25, 0.3) is 0 Å². The number of hydrogen-bond acceptors (Lipinski definition) is 6. The SMILES string of the molecule is CC1NCCN(C(=O)OC(C)(C)C)[C@@H]1c1nc2cc(Cl)cc(-c3ccsc3)c2o1. The lowest BCUT2D eigenvalue weighted by molar-refractivity contribution is 0.00267. The summed E-state index contributed by atoms with van der Waals surface area (Å²) in [6, 6.07) is 5.29. The van der Waals surface area contributed by atoms with Gasteiger partial charge in [-0.1, -0.05) is 11.6 Å². The number of carbonyl (C=O) groups excluding carboxylic acids is 1. The third kappa shape index (κ3) is 4.13. The van der Waals surface area contributed by atoms with E-state index in [1.54, 1.807) is 22.3 Å². The second-order valence-corrected chi connectivity index (χ2v) is 9.44. The highest BCUT2D eigenvalue weighted by Crippen LogP contribution is 2.37. The van der Waals surface area contributed by atoms with Gasteiger partial charge in [-0.25, -0.2) is 9.78 Å². The lowest BCUT2D eigenvalue weighted by Gasteiger charge is -2.39. The molecule has 1 aromatic carbocycles. The molecule has 0 radical (unpaired) electrons. The highest BCUT2D eigenvalue weighted by molar-refractivity contribution is 7.08. The third-order valence-corrected chi connectivity index (χ3v) is 5.71. The molecule has 29 heavy (non-hydrogen) atoms. The number of benzene rings is 1. The van der Waals surface area contributed by atoms with Crippen molar-refractivity contribution in [1.29, 1.82) is 0 Å². The maximum absolute atomic E-state index is 12.9. The molecule has 0 saturated carbocycles. The van der Waals surface area contributed by atoms with Gasteiger partial charge in [0.05, 0.1) is 0 Å². The topological polar surface area (TPSA) is 67.6 Å². The molecule has 6 nitrogen and oxygen atoms in total. The molecule has 1 fully saturated rings. The number of amides is 1. The van der Waals surface area contributed by atoms with Crippen LogP contribution >= 0.6 is 22.9 Å². The molecular formula is C21H24ClN3O3S. The first kappa shape index (κ1) is 20.2. The molecule has 2 aromatic heterocycles. The van der Waals surface area contributed by atoms with Gasteiger partial charge < -0.3 is 14.5 Å². The number of piperazine rings is 1. The van der Waals surface area contributed by atoms with E-state index < -0.39 is 5.60 Å². The van der Waals surface area contributed by atoms with Crippen molar-refractivity contribution in [2.45, 2.75) is 45.4 Å². The van der Waals surface area contributed by atoms with Gasteiger partial charge in [-0.15, -0.1) is 0 Å². The highest BCUT2D eigenvalue weighted by atomic mass is 35.5. The van der Waals surface area contributed by atoms with Gasteiger partial charge in [0.2, 0.25) is 5.89 Å². The summed E-state index contributed by atoms with van der Waals surface area (Å²) in [5, 5.41) is 8.05. The molecule has 4 rings (SSSR count). The zero-order valence-electron chi connectivity index (χ0n) is 16.9. The van der Waals surface area contributed by atoms with E-state index in [4.69, 9.17) is 25.7 Å². The average molecular weight is 434 g/mol.